The molecule has 2 fully saturated rings. The molecule has 144 valence electrons. The van der Waals surface area contributed by atoms with E-state index in [0.29, 0.717) is 0 Å². The lowest BCUT2D eigenvalue weighted by Gasteiger charge is -2.41. The third-order valence-corrected chi connectivity index (χ3v) is 6.54. The summed E-state index contributed by atoms with van der Waals surface area (Å²) in [5, 5.41) is 0.720. The molecule has 3 rings (SSSR count). The quantitative estimate of drug-likeness (QED) is 0.761. The molecule has 0 radical (unpaired) electrons. The molecule has 0 bridgehead atoms. The molecule has 2 aliphatic heterocycles. The summed E-state index contributed by atoms with van der Waals surface area (Å²) in [7, 11) is 2.20. The molecule has 0 saturated carbocycles. The molecule has 2 aliphatic rings. The van der Waals surface area contributed by atoms with Gasteiger partial charge in [-0.25, -0.2) is 0 Å². The first-order valence-electron chi connectivity index (χ1n) is 9.90. The third-order valence-electron chi connectivity index (χ3n) is 6.31. The van der Waals surface area contributed by atoms with Gasteiger partial charge in [0.05, 0.1) is 5.41 Å². The van der Waals surface area contributed by atoms with Crippen LogP contribution >= 0.6 is 11.6 Å². The molecule has 0 unspecified atom stereocenters. The van der Waals surface area contributed by atoms with Crippen LogP contribution in [0.2, 0.25) is 5.02 Å². The largest absolute Gasteiger partial charge is 0.304 e. The van der Waals surface area contributed by atoms with E-state index in [4.69, 9.17) is 11.6 Å². The maximum absolute atomic E-state index is 12.5. The van der Waals surface area contributed by atoms with E-state index in [1.807, 2.05) is 18.2 Å². The summed E-state index contributed by atoms with van der Waals surface area (Å²) in [6.45, 7) is 10.8. The van der Waals surface area contributed by atoms with E-state index in [0.717, 1.165) is 43.1 Å². The van der Waals surface area contributed by atoms with Gasteiger partial charge in [0, 0.05) is 31.2 Å². The van der Waals surface area contributed by atoms with Crippen molar-refractivity contribution in [2.45, 2.75) is 31.6 Å². The van der Waals surface area contributed by atoms with Gasteiger partial charge in [0.25, 0.3) is 0 Å². The molecule has 0 amide bonds. The van der Waals surface area contributed by atoms with Crippen molar-refractivity contribution in [3.63, 3.8) is 0 Å². The average molecular weight is 378 g/mol. The lowest BCUT2D eigenvalue weighted by atomic mass is 9.70. The first-order chi connectivity index (χ1) is 12.5. The van der Waals surface area contributed by atoms with Crippen LogP contribution in [0.1, 0.15) is 31.7 Å². The molecular formula is C21H32ClN3O. The number of ketones is 1. The van der Waals surface area contributed by atoms with Crippen LogP contribution in [0.15, 0.2) is 24.3 Å². The number of likely N-dealkylation sites (N-methyl/N-ethyl adjacent to an activating group) is 1. The summed E-state index contributed by atoms with van der Waals surface area (Å²) in [6, 6.07) is 7.89. The standard InChI is InChI=1S/C21H32ClN3O/c1-18(26)21(19-5-3-6-20(22)17-19)7-11-24(12-8-21)9-4-10-25-15-13-23(2)14-16-25/h3,5-6,17H,4,7-16H2,1-2H3. The van der Waals surface area contributed by atoms with Crippen molar-refractivity contribution in [1.29, 1.82) is 0 Å². The van der Waals surface area contributed by atoms with Crippen LogP contribution in [0.25, 0.3) is 0 Å². The van der Waals surface area contributed by atoms with Crippen LogP contribution in [-0.2, 0) is 10.2 Å². The molecular weight excluding hydrogens is 346 g/mol. The number of Topliss-reactive ketones (excluding diaryl/α,β-unsaturated/α-hetero) is 1. The van der Waals surface area contributed by atoms with Crippen molar-refractivity contribution >= 4 is 17.4 Å². The maximum atomic E-state index is 12.5. The highest BCUT2D eigenvalue weighted by atomic mass is 35.5. The van der Waals surface area contributed by atoms with Crippen molar-refractivity contribution < 1.29 is 4.79 Å². The third kappa shape index (κ3) is 4.66. The number of carbonyl (C=O) groups is 1. The molecule has 5 heteroatoms. The number of hydrogen-bond donors (Lipinski definition) is 0. The average Bonchev–Trinajstić information content (AvgIpc) is 2.64. The number of piperidine rings is 1. The Morgan fingerprint density at radius 1 is 1.04 bits per heavy atom. The zero-order chi connectivity index (χ0) is 18.6. The fourth-order valence-corrected chi connectivity index (χ4v) is 4.57. The van der Waals surface area contributed by atoms with E-state index in [2.05, 4.69) is 27.8 Å². The Kier molecular flexibility index (Phi) is 6.73. The predicted octanol–water partition coefficient (Wildman–Crippen LogP) is 2.90. The van der Waals surface area contributed by atoms with Crippen LogP contribution in [0.5, 0.6) is 0 Å². The van der Waals surface area contributed by atoms with E-state index < -0.39 is 0 Å². The Labute approximate surface area is 163 Å². The van der Waals surface area contributed by atoms with Gasteiger partial charge in [0.1, 0.15) is 5.78 Å². The smallest absolute Gasteiger partial charge is 0.140 e. The SMILES string of the molecule is CC(=O)C1(c2cccc(Cl)c2)CCN(CCCN2CCN(C)CC2)CC1. The van der Waals surface area contributed by atoms with Crippen LogP contribution in [-0.4, -0.2) is 79.9 Å². The lowest BCUT2D eigenvalue weighted by Crippen LogP contribution is -2.48. The Balaban J connectivity index is 1.50. The zero-order valence-electron chi connectivity index (χ0n) is 16.2. The van der Waals surface area contributed by atoms with Gasteiger partial charge in [-0.2, -0.15) is 0 Å². The fourth-order valence-electron chi connectivity index (χ4n) is 4.38. The summed E-state index contributed by atoms with van der Waals surface area (Å²) in [6.07, 6.45) is 3.02. The lowest BCUT2D eigenvalue weighted by molar-refractivity contribution is -0.124. The number of piperazine rings is 1. The van der Waals surface area contributed by atoms with Gasteiger partial charge in [0.2, 0.25) is 0 Å². The predicted molar refractivity (Wildman–Crippen MR) is 108 cm³/mol. The number of nitrogens with zero attached hydrogens (tertiary/aromatic N) is 3. The molecule has 0 atom stereocenters. The minimum Gasteiger partial charge on any atom is -0.304 e. The summed E-state index contributed by atoms with van der Waals surface area (Å²) in [5.74, 6) is 0.275. The maximum Gasteiger partial charge on any atom is 0.140 e. The van der Waals surface area contributed by atoms with Crippen molar-refractivity contribution in [3.8, 4) is 0 Å². The van der Waals surface area contributed by atoms with Gasteiger partial charge in [-0.15, -0.1) is 0 Å². The van der Waals surface area contributed by atoms with Crippen molar-refractivity contribution in [2.24, 2.45) is 0 Å². The van der Waals surface area contributed by atoms with Gasteiger partial charge in [-0.3, -0.25) is 4.79 Å². The Hall–Kier alpha value is -0.940. The number of rotatable bonds is 6. The highest BCUT2D eigenvalue weighted by Gasteiger charge is 2.40. The minimum absolute atomic E-state index is 0.275. The molecule has 4 nitrogen and oxygen atoms in total. The Morgan fingerprint density at radius 2 is 1.65 bits per heavy atom. The van der Waals surface area contributed by atoms with Crippen molar-refractivity contribution in [2.75, 3.05) is 59.4 Å². The van der Waals surface area contributed by atoms with Crippen LogP contribution in [0.3, 0.4) is 0 Å². The zero-order valence-corrected chi connectivity index (χ0v) is 17.0. The number of halogens is 1. The second kappa shape index (κ2) is 8.83. The molecule has 0 aromatic heterocycles. The highest BCUT2D eigenvalue weighted by Crippen LogP contribution is 2.37. The first-order valence-corrected chi connectivity index (χ1v) is 10.3. The van der Waals surface area contributed by atoms with E-state index in [-0.39, 0.29) is 11.2 Å². The van der Waals surface area contributed by atoms with Gasteiger partial charge >= 0.3 is 0 Å². The summed E-state index contributed by atoms with van der Waals surface area (Å²) < 4.78 is 0. The second-order valence-corrected chi connectivity index (χ2v) is 8.43. The molecule has 1 aromatic carbocycles. The minimum atomic E-state index is -0.348. The highest BCUT2D eigenvalue weighted by molar-refractivity contribution is 6.30. The van der Waals surface area contributed by atoms with Crippen LogP contribution in [0.4, 0.5) is 0 Å². The monoisotopic (exact) mass is 377 g/mol. The normalized spacial score (nSPS) is 22.4. The van der Waals surface area contributed by atoms with E-state index in [9.17, 15) is 4.79 Å². The second-order valence-electron chi connectivity index (χ2n) is 7.99. The molecule has 0 N–H and O–H groups in total. The van der Waals surface area contributed by atoms with E-state index >= 15 is 0 Å². The summed E-state index contributed by atoms with van der Waals surface area (Å²) >= 11 is 6.18. The molecule has 1 aromatic rings. The first kappa shape index (κ1) is 19.8. The number of carbonyl (C=O) groups excluding carboxylic acids is 1. The summed E-state index contributed by atoms with van der Waals surface area (Å²) in [4.78, 5) is 20.0. The molecule has 2 heterocycles. The molecule has 0 aliphatic carbocycles. The Morgan fingerprint density at radius 3 is 2.23 bits per heavy atom. The van der Waals surface area contributed by atoms with E-state index in [1.165, 1.54) is 39.1 Å². The van der Waals surface area contributed by atoms with Gasteiger partial charge < -0.3 is 14.7 Å². The van der Waals surface area contributed by atoms with E-state index in [1.54, 1.807) is 6.92 Å². The number of benzene rings is 1. The van der Waals surface area contributed by atoms with Crippen LogP contribution in [0, 0.1) is 0 Å². The number of hydrogen-bond acceptors (Lipinski definition) is 4. The molecule has 0 spiro atoms. The number of likely N-dealkylation sites (tertiary alicyclic amines) is 1. The van der Waals surface area contributed by atoms with Gasteiger partial charge in [0.15, 0.2) is 0 Å². The van der Waals surface area contributed by atoms with Gasteiger partial charge in [-0.05, 0) is 77.1 Å². The fraction of sp³-hybridized carbons (Fsp3) is 0.667. The molecule has 26 heavy (non-hydrogen) atoms. The topological polar surface area (TPSA) is 26.8 Å². The Bertz CT molecular complexity index is 605. The van der Waals surface area contributed by atoms with Crippen molar-refractivity contribution in [3.05, 3.63) is 34.9 Å². The molecule has 2 saturated heterocycles. The van der Waals surface area contributed by atoms with Crippen molar-refractivity contribution in [1.82, 2.24) is 14.7 Å². The summed E-state index contributed by atoms with van der Waals surface area (Å²) in [5.41, 5.74) is 0.744. The van der Waals surface area contributed by atoms with Gasteiger partial charge in [-0.1, -0.05) is 23.7 Å². The van der Waals surface area contributed by atoms with Crippen LogP contribution < -0.4 is 0 Å².